The van der Waals surface area contributed by atoms with E-state index in [1.807, 2.05) is 0 Å². The fraction of sp³-hybridized carbons (Fsp3) is 0.273. The lowest BCUT2D eigenvalue weighted by atomic mass is 10.0. The molecule has 1 aromatic carbocycles. The van der Waals surface area contributed by atoms with Crippen LogP contribution in [0.5, 0.6) is 5.75 Å². The summed E-state index contributed by atoms with van der Waals surface area (Å²) in [5.74, 6) is -2.02. The van der Waals surface area contributed by atoms with E-state index in [-0.39, 0.29) is 17.7 Å². The average Bonchev–Trinajstić information content (AvgIpc) is 2.28. The first-order valence-corrected chi connectivity index (χ1v) is 4.84. The normalized spacial score (nSPS) is 11.9. The molecule has 6 nitrogen and oxygen atoms in total. The van der Waals surface area contributed by atoms with Crippen LogP contribution in [0.4, 0.5) is 0 Å². The van der Waals surface area contributed by atoms with E-state index >= 15 is 0 Å². The minimum absolute atomic E-state index is 0.0279. The minimum Gasteiger partial charge on any atom is -0.496 e. The molecule has 0 bridgehead atoms. The highest BCUT2D eigenvalue weighted by molar-refractivity contribution is 5.91. The van der Waals surface area contributed by atoms with Gasteiger partial charge in [0.05, 0.1) is 7.11 Å². The number of rotatable bonds is 5. The van der Waals surface area contributed by atoms with Gasteiger partial charge >= 0.3 is 11.9 Å². The van der Waals surface area contributed by atoms with Crippen molar-refractivity contribution >= 4 is 11.9 Å². The summed E-state index contributed by atoms with van der Waals surface area (Å²) < 4.78 is 4.92. The van der Waals surface area contributed by atoms with Gasteiger partial charge in [0, 0.05) is 0 Å². The first-order valence-electron chi connectivity index (χ1n) is 4.84. The topological polar surface area (TPSA) is 110 Å². The molecule has 0 saturated carbocycles. The molecule has 0 fully saturated rings. The van der Waals surface area contributed by atoms with E-state index in [0.29, 0.717) is 5.56 Å². The SMILES string of the molecule is COc1cc(CC(N)C(=O)O)ccc1C(=O)O. The molecule has 92 valence electrons. The summed E-state index contributed by atoms with van der Waals surface area (Å²) in [5.41, 5.74) is 6.02. The van der Waals surface area contributed by atoms with Gasteiger partial charge in [-0.25, -0.2) is 4.79 Å². The fourth-order valence-corrected chi connectivity index (χ4v) is 1.38. The van der Waals surface area contributed by atoms with Gasteiger partial charge in [-0.2, -0.15) is 0 Å². The fourth-order valence-electron chi connectivity index (χ4n) is 1.38. The van der Waals surface area contributed by atoms with Gasteiger partial charge < -0.3 is 20.7 Å². The number of methoxy groups -OCH3 is 1. The van der Waals surface area contributed by atoms with Crippen LogP contribution in [-0.4, -0.2) is 35.3 Å². The average molecular weight is 239 g/mol. The van der Waals surface area contributed by atoms with E-state index in [1.54, 1.807) is 0 Å². The highest BCUT2D eigenvalue weighted by Crippen LogP contribution is 2.20. The zero-order valence-corrected chi connectivity index (χ0v) is 9.21. The third-order valence-electron chi connectivity index (χ3n) is 2.27. The van der Waals surface area contributed by atoms with Gasteiger partial charge in [0.2, 0.25) is 0 Å². The zero-order valence-electron chi connectivity index (χ0n) is 9.21. The van der Waals surface area contributed by atoms with Crippen molar-refractivity contribution in [3.63, 3.8) is 0 Å². The van der Waals surface area contributed by atoms with Crippen molar-refractivity contribution in [3.8, 4) is 5.75 Å². The Morgan fingerprint density at radius 1 is 1.41 bits per heavy atom. The van der Waals surface area contributed by atoms with E-state index in [9.17, 15) is 9.59 Å². The maximum absolute atomic E-state index is 10.8. The Labute approximate surface area is 97.6 Å². The second-order valence-electron chi connectivity index (χ2n) is 3.49. The van der Waals surface area contributed by atoms with E-state index in [0.717, 1.165) is 0 Å². The van der Waals surface area contributed by atoms with Gasteiger partial charge in [-0.05, 0) is 24.1 Å². The van der Waals surface area contributed by atoms with Crippen LogP contribution in [0.2, 0.25) is 0 Å². The molecule has 1 aromatic rings. The van der Waals surface area contributed by atoms with Crippen molar-refractivity contribution < 1.29 is 24.5 Å². The lowest BCUT2D eigenvalue weighted by molar-refractivity contribution is -0.138. The van der Waals surface area contributed by atoms with Gasteiger partial charge in [0.1, 0.15) is 17.4 Å². The van der Waals surface area contributed by atoms with Gasteiger partial charge in [-0.3, -0.25) is 4.79 Å². The van der Waals surface area contributed by atoms with E-state index in [2.05, 4.69) is 0 Å². The van der Waals surface area contributed by atoms with Crippen molar-refractivity contribution in [3.05, 3.63) is 29.3 Å². The molecule has 0 spiro atoms. The number of aliphatic carboxylic acids is 1. The van der Waals surface area contributed by atoms with Crippen molar-refractivity contribution in [1.82, 2.24) is 0 Å². The van der Waals surface area contributed by atoms with Crippen molar-refractivity contribution in [2.24, 2.45) is 5.73 Å². The number of nitrogens with two attached hydrogens (primary N) is 1. The summed E-state index contributed by atoms with van der Waals surface area (Å²) in [5, 5.41) is 17.5. The van der Waals surface area contributed by atoms with Gasteiger partial charge in [-0.1, -0.05) is 6.07 Å². The van der Waals surface area contributed by atoms with Crippen LogP contribution in [0.1, 0.15) is 15.9 Å². The standard InChI is InChI=1S/C11H13NO5/c1-17-9-5-6(4-8(12)11(15)16)2-3-7(9)10(13)14/h2-3,5,8H,4,12H2,1H3,(H,13,14)(H,15,16). The Balaban J connectivity index is 2.97. The molecule has 17 heavy (non-hydrogen) atoms. The third kappa shape index (κ3) is 3.18. The second-order valence-corrected chi connectivity index (χ2v) is 3.49. The highest BCUT2D eigenvalue weighted by Gasteiger charge is 2.15. The molecule has 0 aliphatic carbocycles. The largest absolute Gasteiger partial charge is 0.496 e. The third-order valence-corrected chi connectivity index (χ3v) is 2.27. The Morgan fingerprint density at radius 2 is 2.06 bits per heavy atom. The van der Waals surface area contributed by atoms with Crippen LogP contribution in [0.15, 0.2) is 18.2 Å². The Kier molecular flexibility index (Phi) is 4.06. The van der Waals surface area contributed by atoms with Crippen LogP contribution >= 0.6 is 0 Å². The van der Waals surface area contributed by atoms with Crippen LogP contribution in [0.3, 0.4) is 0 Å². The van der Waals surface area contributed by atoms with Crippen LogP contribution < -0.4 is 10.5 Å². The van der Waals surface area contributed by atoms with Gasteiger partial charge in [-0.15, -0.1) is 0 Å². The summed E-state index contributed by atoms with van der Waals surface area (Å²) in [4.78, 5) is 21.4. The number of carbonyl (C=O) groups is 2. The summed E-state index contributed by atoms with van der Waals surface area (Å²) >= 11 is 0. The molecule has 4 N–H and O–H groups in total. The van der Waals surface area contributed by atoms with E-state index in [4.69, 9.17) is 20.7 Å². The number of hydrogen-bond donors (Lipinski definition) is 3. The molecule has 1 unspecified atom stereocenters. The highest BCUT2D eigenvalue weighted by atomic mass is 16.5. The maximum atomic E-state index is 10.8. The van der Waals surface area contributed by atoms with Crippen LogP contribution in [-0.2, 0) is 11.2 Å². The molecule has 0 aromatic heterocycles. The molecule has 0 heterocycles. The smallest absolute Gasteiger partial charge is 0.339 e. The number of ether oxygens (including phenoxy) is 1. The molecule has 6 heteroatoms. The lowest BCUT2D eigenvalue weighted by Gasteiger charge is -2.10. The number of hydrogen-bond acceptors (Lipinski definition) is 4. The summed E-state index contributed by atoms with van der Waals surface area (Å²) in [6.45, 7) is 0. The Morgan fingerprint density at radius 3 is 2.53 bits per heavy atom. The second kappa shape index (κ2) is 5.31. The maximum Gasteiger partial charge on any atom is 0.339 e. The lowest BCUT2D eigenvalue weighted by Crippen LogP contribution is -2.32. The Hall–Kier alpha value is -2.08. The van der Waals surface area contributed by atoms with Crippen molar-refractivity contribution in [2.45, 2.75) is 12.5 Å². The minimum atomic E-state index is -1.11. The molecule has 0 radical (unpaired) electrons. The van der Waals surface area contributed by atoms with E-state index in [1.165, 1.54) is 25.3 Å². The summed E-state index contributed by atoms with van der Waals surface area (Å²) in [7, 11) is 1.35. The molecule has 0 aliphatic heterocycles. The van der Waals surface area contributed by atoms with Crippen LogP contribution in [0.25, 0.3) is 0 Å². The number of carboxylic acid groups (broad SMARTS) is 2. The van der Waals surface area contributed by atoms with Crippen LogP contribution in [0, 0.1) is 0 Å². The zero-order chi connectivity index (χ0) is 13.0. The van der Waals surface area contributed by atoms with Crippen molar-refractivity contribution in [1.29, 1.82) is 0 Å². The number of benzene rings is 1. The van der Waals surface area contributed by atoms with Crippen molar-refractivity contribution in [2.75, 3.05) is 7.11 Å². The quantitative estimate of drug-likeness (QED) is 0.683. The van der Waals surface area contributed by atoms with Gasteiger partial charge in [0.15, 0.2) is 0 Å². The number of aromatic carboxylic acids is 1. The first kappa shape index (κ1) is 13.0. The molecular weight excluding hydrogens is 226 g/mol. The molecular formula is C11H13NO5. The Bertz CT molecular complexity index is 443. The summed E-state index contributed by atoms with van der Waals surface area (Å²) in [6, 6.07) is 3.35. The molecule has 0 saturated heterocycles. The molecule has 1 atom stereocenters. The summed E-state index contributed by atoms with van der Waals surface area (Å²) in [6.07, 6.45) is 0.117. The molecule has 1 rings (SSSR count). The molecule has 0 aliphatic rings. The van der Waals surface area contributed by atoms with E-state index < -0.39 is 18.0 Å². The molecule has 0 amide bonds. The first-order chi connectivity index (χ1) is 7.95. The van der Waals surface area contributed by atoms with Gasteiger partial charge in [0.25, 0.3) is 0 Å². The monoisotopic (exact) mass is 239 g/mol. The predicted octanol–water partition coefficient (Wildman–Crippen LogP) is 0.348. The number of carboxylic acids is 2. The predicted molar refractivity (Wildman–Crippen MR) is 59.3 cm³/mol.